The maximum Gasteiger partial charge on any atom is 0.269 e. The second-order valence-corrected chi connectivity index (χ2v) is 10.6. The third-order valence-corrected chi connectivity index (χ3v) is 8.11. The molecule has 218 valence electrons. The van der Waals surface area contributed by atoms with Crippen molar-refractivity contribution in [2.75, 3.05) is 26.2 Å². The summed E-state index contributed by atoms with van der Waals surface area (Å²) in [4.78, 5) is 39.3. The molecule has 0 aromatic heterocycles. The number of likely N-dealkylation sites (tertiary alicyclic amines) is 1. The van der Waals surface area contributed by atoms with Crippen molar-refractivity contribution in [3.05, 3.63) is 98.4 Å². The maximum atomic E-state index is 13.6. The Balaban J connectivity index is 1.44. The van der Waals surface area contributed by atoms with E-state index in [1.807, 2.05) is 44.2 Å². The minimum atomic E-state index is -0.807. The smallest absolute Gasteiger partial charge is 0.269 e. The van der Waals surface area contributed by atoms with Gasteiger partial charge in [0.15, 0.2) is 0 Å². The zero-order chi connectivity index (χ0) is 29.6. The summed E-state index contributed by atoms with van der Waals surface area (Å²) in [6.07, 6.45) is 3.06. The molecule has 2 aliphatic rings. The predicted molar refractivity (Wildman–Crippen MR) is 156 cm³/mol. The number of nitro benzene ring substituents is 1. The SMILES string of the molecule is CCC1=C(C(N)=O)C(c2ccc([N+](=O)[O-])cc2)C(C(=O)NCCCN2CCC(O)(c3ccccc3)CC2)=C(CC)N1. The predicted octanol–water partition coefficient (Wildman–Crippen LogP) is 3.59. The molecule has 10 heteroatoms. The van der Waals surface area contributed by atoms with Crippen molar-refractivity contribution < 1.29 is 19.6 Å². The Hall–Kier alpha value is -4.02. The molecule has 0 saturated carbocycles. The first-order valence-electron chi connectivity index (χ1n) is 14.2. The van der Waals surface area contributed by atoms with Gasteiger partial charge in [-0.25, -0.2) is 0 Å². The van der Waals surface area contributed by atoms with Gasteiger partial charge >= 0.3 is 0 Å². The quantitative estimate of drug-likeness (QED) is 0.186. The van der Waals surface area contributed by atoms with Gasteiger partial charge in [-0.15, -0.1) is 0 Å². The fraction of sp³-hybridized carbons (Fsp3) is 0.419. The van der Waals surface area contributed by atoms with Crippen molar-refractivity contribution in [3.63, 3.8) is 0 Å². The van der Waals surface area contributed by atoms with E-state index in [0.717, 1.165) is 31.6 Å². The molecule has 2 heterocycles. The van der Waals surface area contributed by atoms with Crippen molar-refractivity contribution >= 4 is 17.5 Å². The van der Waals surface area contributed by atoms with Crippen molar-refractivity contribution in [2.24, 2.45) is 5.73 Å². The number of nitrogens with zero attached hydrogens (tertiary/aromatic N) is 2. The van der Waals surface area contributed by atoms with Gasteiger partial charge in [-0.2, -0.15) is 0 Å². The molecular weight excluding hydrogens is 522 g/mol. The van der Waals surface area contributed by atoms with Gasteiger partial charge in [-0.1, -0.05) is 56.3 Å². The molecule has 1 saturated heterocycles. The van der Waals surface area contributed by atoms with E-state index in [9.17, 15) is 24.8 Å². The maximum absolute atomic E-state index is 13.6. The molecule has 1 unspecified atom stereocenters. The third kappa shape index (κ3) is 6.66. The van der Waals surface area contributed by atoms with Crippen LogP contribution in [0.1, 0.15) is 63.0 Å². The number of aliphatic hydroxyl groups is 1. The Morgan fingerprint density at radius 3 is 2.22 bits per heavy atom. The Kier molecular flexibility index (Phi) is 9.57. The second-order valence-electron chi connectivity index (χ2n) is 10.6. The van der Waals surface area contributed by atoms with Crippen molar-refractivity contribution in [1.82, 2.24) is 15.5 Å². The normalized spacial score (nSPS) is 19.0. The number of primary amides is 1. The largest absolute Gasteiger partial charge is 0.385 e. The minimum Gasteiger partial charge on any atom is -0.385 e. The topological polar surface area (TPSA) is 151 Å². The number of nitro groups is 1. The van der Waals surface area contributed by atoms with Crippen LogP contribution in [0.5, 0.6) is 0 Å². The van der Waals surface area contributed by atoms with Crippen molar-refractivity contribution in [3.8, 4) is 0 Å². The molecule has 4 rings (SSSR count). The number of piperidine rings is 1. The van der Waals surface area contributed by atoms with E-state index in [1.54, 1.807) is 12.1 Å². The van der Waals surface area contributed by atoms with Crippen LogP contribution in [0.2, 0.25) is 0 Å². The standard InChI is InChI=1S/C31H39N5O5/c1-3-24-27(29(32)37)26(21-11-13-23(14-12-21)36(40)41)28(25(4-2)34-24)30(38)33-17-8-18-35-19-15-31(39,16-20-35)22-9-6-5-7-10-22/h5-7,9-14,26,34,39H,3-4,8,15-20H2,1-2H3,(H2,32,37)(H,33,38). The summed E-state index contributed by atoms with van der Waals surface area (Å²) in [6.45, 7) is 6.57. The zero-order valence-electron chi connectivity index (χ0n) is 23.7. The Morgan fingerprint density at radius 2 is 1.66 bits per heavy atom. The number of nitrogens with one attached hydrogen (secondary N) is 2. The first kappa shape index (κ1) is 30.0. The summed E-state index contributed by atoms with van der Waals surface area (Å²) in [7, 11) is 0. The van der Waals surface area contributed by atoms with Crippen LogP contribution >= 0.6 is 0 Å². The number of non-ortho nitro benzene ring substituents is 1. The number of nitrogens with two attached hydrogens (primary N) is 1. The molecule has 0 bridgehead atoms. The number of dihydropyridines is 1. The molecule has 2 aromatic carbocycles. The lowest BCUT2D eigenvalue weighted by Crippen LogP contribution is -2.43. The highest BCUT2D eigenvalue weighted by molar-refractivity contribution is 6.03. The van der Waals surface area contributed by atoms with E-state index < -0.39 is 22.3 Å². The summed E-state index contributed by atoms with van der Waals surface area (Å²) in [5, 5.41) is 28.6. The molecule has 2 aromatic rings. The molecule has 10 nitrogen and oxygen atoms in total. The van der Waals surface area contributed by atoms with Crippen LogP contribution in [0, 0.1) is 10.1 Å². The van der Waals surface area contributed by atoms with Gasteiger partial charge < -0.3 is 26.4 Å². The van der Waals surface area contributed by atoms with E-state index in [-0.39, 0.29) is 11.6 Å². The zero-order valence-corrected chi connectivity index (χ0v) is 23.7. The van der Waals surface area contributed by atoms with Gasteiger partial charge in [-0.3, -0.25) is 19.7 Å². The van der Waals surface area contributed by atoms with E-state index in [1.165, 1.54) is 12.1 Å². The Morgan fingerprint density at radius 1 is 1.05 bits per heavy atom. The number of carbonyl (C=O) groups is 2. The van der Waals surface area contributed by atoms with E-state index in [0.29, 0.717) is 60.3 Å². The lowest BCUT2D eigenvalue weighted by atomic mass is 9.78. The van der Waals surface area contributed by atoms with Crippen LogP contribution < -0.4 is 16.4 Å². The summed E-state index contributed by atoms with van der Waals surface area (Å²) < 4.78 is 0. The van der Waals surface area contributed by atoms with E-state index >= 15 is 0 Å². The van der Waals surface area contributed by atoms with Gasteiger partial charge in [0.25, 0.3) is 5.69 Å². The Labute approximate surface area is 240 Å². The number of allylic oxidation sites excluding steroid dienone is 2. The highest BCUT2D eigenvalue weighted by Crippen LogP contribution is 2.40. The number of rotatable bonds is 11. The fourth-order valence-electron chi connectivity index (χ4n) is 5.83. The fourth-order valence-corrected chi connectivity index (χ4v) is 5.83. The van der Waals surface area contributed by atoms with Gasteiger partial charge in [0.05, 0.1) is 10.5 Å². The van der Waals surface area contributed by atoms with Gasteiger partial charge in [0, 0.05) is 60.2 Å². The molecule has 0 spiro atoms. The van der Waals surface area contributed by atoms with E-state index in [2.05, 4.69) is 15.5 Å². The third-order valence-electron chi connectivity index (χ3n) is 8.11. The monoisotopic (exact) mass is 561 g/mol. The van der Waals surface area contributed by atoms with E-state index in [4.69, 9.17) is 5.73 Å². The second kappa shape index (κ2) is 13.1. The average molecular weight is 562 g/mol. The molecule has 1 fully saturated rings. The summed E-state index contributed by atoms with van der Waals surface area (Å²) in [5.74, 6) is -1.68. The van der Waals surface area contributed by atoms with Crippen LogP contribution in [0.15, 0.2) is 77.1 Å². The lowest BCUT2D eigenvalue weighted by molar-refractivity contribution is -0.384. The lowest BCUT2D eigenvalue weighted by Gasteiger charge is -2.38. The number of carbonyl (C=O) groups excluding carboxylic acids is 2. The molecular formula is C31H39N5O5. The summed E-state index contributed by atoms with van der Waals surface area (Å²) in [5.41, 5.74) is 8.53. The number of benzene rings is 2. The first-order valence-corrected chi connectivity index (χ1v) is 14.2. The van der Waals surface area contributed by atoms with Crippen LogP contribution in [-0.2, 0) is 15.2 Å². The van der Waals surface area contributed by atoms with Gasteiger partial charge in [0.1, 0.15) is 0 Å². The molecule has 41 heavy (non-hydrogen) atoms. The number of hydrogen-bond acceptors (Lipinski definition) is 7. The average Bonchev–Trinajstić information content (AvgIpc) is 2.99. The summed E-state index contributed by atoms with van der Waals surface area (Å²) in [6, 6.07) is 15.7. The highest BCUT2D eigenvalue weighted by atomic mass is 16.6. The van der Waals surface area contributed by atoms with Crippen LogP contribution in [-0.4, -0.2) is 52.9 Å². The number of amides is 2. The molecule has 0 aliphatic carbocycles. The molecule has 2 aliphatic heterocycles. The molecule has 0 radical (unpaired) electrons. The van der Waals surface area contributed by atoms with Crippen LogP contribution in [0.3, 0.4) is 0 Å². The summed E-state index contributed by atoms with van der Waals surface area (Å²) >= 11 is 0. The van der Waals surface area contributed by atoms with Gasteiger partial charge in [-0.05, 0) is 49.8 Å². The highest BCUT2D eigenvalue weighted by Gasteiger charge is 2.37. The number of hydrogen-bond donors (Lipinski definition) is 4. The van der Waals surface area contributed by atoms with Crippen LogP contribution in [0.4, 0.5) is 5.69 Å². The first-order chi connectivity index (χ1) is 19.7. The van der Waals surface area contributed by atoms with Crippen LogP contribution in [0.25, 0.3) is 0 Å². The van der Waals surface area contributed by atoms with Crippen molar-refractivity contribution in [1.29, 1.82) is 0 Å². The molecule has 2 amide bonds. The van der Waals surface area contributed by atoms with Crippen molar-refractivity contribution in [2.45, 2.75) is 57.5 Å². The van der Waals surface area contributed by atoms with Gasteiger partial charge in [0.2, 0.25) is 11.8 Å². The molecule has 1 atom stereocenters. The minimum absolute atomic E-state index is 0.0754. The Bertz CT molecular complexity index is 1330. The molecule has 5 N–H and O–H groups in total.